The number of anilines is 1. The Morgan fingerprint density at radius 2 is 2.35 bits per heavy atom. The van der Waals surface area contributed by atoms with Gasteiger partial charge < -0.3 is 10.2 Å². The van der Waals surface area contributed by atoms with E-state index in [4.69, 9.17) is 15.4 Å². The van der Waals surface area contributed by atoms with E-state index < -0.39 is 15.3 Å². The van der Waals surface area contributed by atoms with E-state index in [2.05, 4.69) is 9.71 Å². The van der Waals surface area contributed by atoms with Crippen LogP contribution in [0.3, 0.4) is 0 Å². The maximum absolute atomic E-state index is 11.7. The number of rotatable bonds is 5. The number of nitrogens with two attached hydrogens (primary N) is 1. The molecule has 0 bridgehead atoms. The summed E-state index contributed by atoms with van der Waals surface area (Å²) in [6.45, 7) is 1.58. The highest BCUT2D eigenvalue weighted by molar-refractivity contribution is 7.93. The van der Waals surface area contributed by atoms with Gasteiger partial charge in [0.2, 0.25) is 0 Å². The van der Waals surface area contributed by atoms with Gasteiger partial charge in [-0.2, -0.15) is 5.26 Å². The number of hydrogen-bond acceptors (Lipinski definition) is 7. The molecule has 0 aliphatic heterocycles. The molecule has 2 aromatic heterocycles. The Morgan fingerprint density at radius 1 is 1.60 bits per heavy atom. The number of thiazole rings is 1. The Kier molecular flexibility index (Phi) is 4.08. The second-order valence-corrected chi connectivity index (χ2v) is 6.79. The first kappa shape index (κ1) is 14.5. The van der Waals surface area contributed by atoms with E-state index in [0.29, 0.717) is 17.2 Å². The molecular formula is C11H12N4O3S2. The lowest BCUT2D eigenvalue weighted by Crippen LogP contribution is -2.23. The van der Waals surface area contributed by atoms with Crippen LogP contribution in [0.5, 0.6) is 0 Å². The Balaban J connectivity index is 2.20. The van der Waals surface area contributed by atoms with Crippen molar-refractivity contribution in [2.45, 2.75) is 18.7 Å². The van der Waals surface area contributed by atoms with E-state index in [9.17, 15) is 8.42 Å². The van der Waals surface area contributed by atoms with Gasteiger partial charge in [0, 0.05) is 5.38 Å². The number of nitriles is 1. The Bertz CT molecular complexity index is 742. The third-order valence-electron chi connectivity index (χ3n) is 2.50. The van der Waals surface area contributed by atoms with Crippen molar-refractivity contribution < 1.29 is 12.8 Å². The van der Waals surface area contributed by atoms with Crippen molar-refractivity contribution in [1.82, 2.24) is 4.98 Å². The lowest BCUT2D eigenvalue weighted by atomic mass is 10.3. The van der Waals surface area contributed by atoms with Gasteiger partial charge in [-0.3, -0.25) is 4.72 Å². The van der Waals surface area contributed by atoms with Crippen molar-refractivity contribution in [2.75, 3.05) is 4.72 Å². The van der Waals surface area contributed by atoms with Crippen LogP contribution in [0.4, 0.5) is 5.13 Å². The van der Waals surface area contributed by atoms with Crippen LogP contribution in [-0.4, -0.2) is 18.7 Å². The first-order chi connectivity index (χ1) is 9.46. The molecule has 0 fully saturated rings. The zero-order chi connectivity index (χ0) is 14.8. The van der Waals surface area contributed by atoms with Gasteiger partial charge >= 0.3 is 0 Å². The summed E-state index contributed by atoms with van der Waals surface area (Å²) in [5.74, 6) is 1.13. The van der Waals surface area contributed by atoms with E-state index in [1.54, 1.807) is 23.6 Å². The quantitative estimate of drug-likeness (QED) is 0.863. The van der Waals surface area contributed by atoms with Crippen molar-refractivity contribution >= 4 is 26.5 Å². The standard InChI is InChI=1S/C11H12N4O3S2/c1-7(4-12)20(16,17)15-11-14-9(6-19-11)10-3-2-8(5-13)18-10/h2-3,6-7H,5,13H2,1H3,(H,14,15). The van der Waals surface area contributed by atoms with E-state index in [0.717, 1.165) is 11.3 Å². The number of furan rings is 1. The molecule has 3 N–H and O–H groups in total. The van der Waals surface area contributed by atoms with Crippen molar-refractivity contribution in [3.05, 3.63) is 23.3 Å². The van der Waals surface area contributed by atoms with Crippen LogP contribution in [0.15, 0.2) is 21.9 Å². The molecule has 7 nitrogen and oxygen atoms in total. The SMILES string of the molecule is CC(C#N)S(=O)(=O)Nc1nc(-c2ccc(CN)o2)cs1. The zero-order valence-electron chi connectivity index (χ0n) is 10.5. The molecule has 2 aromatic rings. The molecule has 0 spiro atoms. The predicted octanol–water partition coefficient (Wildman–Crippen LogP) is 1.52. The Hall–Kier alpha value is -1.89. The minimum absolute atomic E-state index is 0.188. The number of hydrogen-bond donors (Lipinski definition) is 2. The summed E-state index contributed by atoms with van der Waals surface area (Å²) in [4.78, 5) is 4.11. The first-order valence-electron chi connectivity index (χ1n) is 5.62. The van der Waals surface area contributed by atoms with Crippen molar-refractivity contribution in [3.63, 3.8) is 0 Å². The topological polar surface area (TPSA) is 122 Å². The highest BCUT2D eigenvalue weighted by Gasteiger charge is 2.21. The molecule has 0 saturated carbocycles. The number of sulfonamides is 1. The molecular weight excluding hydrogens is 300 g/mol. The van der Waals surface area contributed by atoms with Gasteiger partial charge in [-0.1, -0.05) is 0 Å². The molecule has 0 aromatic carbocycles. The molecule has 0 saturated heterocycles. The molecule has 0 aliphatic rings. The molecule has 106 valence electrons. The molecule has 2 heterocycles. The largest absolute Gasteiger partial charge is 0.458 e. The summed E-state index contributed by atoms with van der Waals surface area (Å²) in [5.41, 5.74) is 5.96. The molecule has 9 heteroatoms. The van der Waals surface area contributed by atoms with Gasteiger partial charge in [0.05, 0.1) is 12.6 Å². The molecule has 2 rings (SSSR count). The summed E-state index contributed by atoms with van der Waals surface area (Å²) in [6, 6.07) is 5.12. The monoisotopic (exact) mass is 312 g/mol. The second-order valence-electron chi connectivity index (χ2n) is 3.93. The molecule has 0 amide bonds. The highest BCUT2D eigenvalue weighted by atomic mass is 32.2. The normalized spacial score (nSPS) is 12.8. The van der Waals surface area contributed by atoms with Crippen LogP contribution in [0, 0.1) is 11.3 Å². The van der Waals surface area contributed by atoms with Crippen LogP contribution in [0.2, 0.25) is 0 Å². The van der Waals surface area contributed by atoms with Crippen molar-refractivity contribution in [3.8, 4) is 17.5 Å². The third kappa shape index (κ3) is 2.98. The molecule has 1 atom stereocenters. The maximum atomic E-state index is 11.7. The molecule has 0 radical (unpaired) electrons. The molecule has 20 heavy (non-hydrogen) atoms. The Morgan fingerprint density at radius 3 is 2.95 bits per heavy atom. The van der Waals surface area contributed by atoms with Crippen LogP contribution in [0.25, 0.3) is 11.5 Å². The summed E-state index contributed by atoms with van der Waals surface area (Å²) in [6.07, 6.45) is 0. The zero-order valence-corrected chi connectivity index (χ0v) is 12.2. The van der Waals surface area contributed by atoms with E-state index >= 15 is 0 Å². The van der Waals surface area contributed by atoms with Crippen LogP contribution < -0.4 is 10.5 Å². The predicted molar refractivity (Wildman–Crippen MR) is 75.3 cm³/mol. The maximum Gasteiger partial charge on any atom is 0.250 e. The number of aromatic nitrogens is 1. The summed E-state index contributed by atoms with van der Waals surface area (Å²) in [5, 5.41) is 9.35. The fraction of sp³-hybridized carbons (Fsp3) is 0.273. The van der Waals surface area contributed by atoms with Gasteiger partial charge in [-0.05, 0) is 19.1 Å². The molecule has 1 unspecified atom stereocenters. The fourth-order valence-corrected chi connectivity index (χ4v) is 3.03. The van der Waals surface area contributed by atoms with Gasteiger partial charge in [-0.15, -0.1) is 11.3 Å². The summed E-state index contributed by atoms with van der Waals surface area (Å²) in [7, 11) is -3.75. The first-order valence-corrected chi connectivity index (χ1v) is 8.05. The van der Waals surface area contributed by atoms with Gasteiger partial charge in [0.1, 0.15) is 11.5 Å². The lowest BCUT2D eigenvalue weighted by molar-refractivity contribution is 0.524. The van der Waals surface area contributed by atoms with Crippen LogP contribution >= 0.6 is 11.3 Å². The number of nitrogens with zero attached hydrogens (tertiary/aromatic N) is 2. The molecule has 0 aliphatic carbocycles. The second kappa shape index (κ2) is 5.62. The minimum atomic E-state index is -3.75. The van der Waals surface area contributed by atoms with Crippen molar-refractivity contribution in [1.29, 1.82) is 5.26 Å². The average Bonchev–Trinajstić information content (AvgIpc) is 3.05. The smallest absolute Gasteiger partial charge is 0.250 e. The third-order valence-corrected chi connectivity index (χ3v) is 4.90. The van der Waals surface area contributed by atoms with E-state index in [1.165, 1.54) is 6.92 Å². The summed E-state index contributed by atoms with van der Waals surface area (Å²) >= 11 is 1.11. The minimum Gasteiger partial charge on any atom is -0.458 e. The Labute approximate surface area is 120 Å². The van der Waals surface area contributed by atoms with E-state index in [-0.39, 0.29) is 11.7 Å². The fourth-order valence-electron chi connectivity index (χ4n) is 1.34. The van der Waals surface area contributed by atoms with E-state index in [1.807, 2.05) is 0 Å². The van der Waals surface area contributed by atoms with Gasteiger partial charge in [-0.25, -0.2) is 13.4 Å². The summed E-state index contributed by atoms with van der Waals surface area (Å²) < 4.78 is 31.1. The lowest BCUT2D eigenvalue weighted by Gasteiger charge is -2.05. The van der Waals surface area contributed by atoms with Gasteiger partial charge in [0.25, 0.3) is 10.0 Å². The van der Waals surface area contributed by atoms with Gasteiger partial charge in [0.15, 0.2) is 16.1 Å². The van der Waals surface area contributed by atoms with Crippen molar-refractivity contribution in [2.24, 2.45) is 5.73 Å². The van der Waals surface area contributed by atoms with Crippen LogP contribution in [-0.2, 0) is 16.6 Å². The van der Waals surface area contributed by atoms with Crippen LogP contribution in [0.1, 0.15) is 12.7 Å². The average molecular weight is 312 g/mol. The number of nitrogens with one attached hydrogen (secondary N) is 1. The highest BCUT2D eigenvalue weighted by Crippen LogP contribution is 2.27.